The molecule has 0 N–H and O–H groups in total. The van der Waals surface area contributed by atoms with Crippen molar-refractivity contribution in [3.8, 4) is 45.4 Å². The fourth-order valence-electron chi connectivity index (χ4n) is 9.48. The van der Waals surface area contributed by atoms with Crippen molar-refractivity contribution in [2.45, 2.75) is 27.7 Å². The van der Waals surface area contributed by atoms with E-state index in [4.69, 9.17) is 28.8 Å². The lowest BCUT2D eigenvalue weighted by Crippen LogP contribution is -2.12. The summed E-state index contributed by atoms with van der Waals surface area (Å²) in [4.78, 5) is 25.0. The second-order valence-corrected chi connectivity index (χ2v) is 17.7. The number of fused-ring (bicyclic) bond motifs is 3. The van der Waals surface area contributed by atoms with Gasteiger partial charge in [-0.15, -0.1) is 0 Å². The summed E-state index contributed by atoms with van der Waals surface area (Å²) < 4.78 is 12.3. The lowest BCUT2D eigenvalue weighted by atomic mass is 9.93. The number of rotatable bonds is 10. The Morgan fingerprint density at radius 3 is 1.04 bits per heavy atom. The van der Waals surface area contributed by atoms with E-state index in [0.717, 1.165) is 123 Å². The van der Waals surface area contributed by atoms with Crippen LogP contribution in [0.2, 0.25) is 0 Å². The third-order valence-corrected chi connectivity index (χ3v) is 13.0. The molecule has 70 heavy (non-hydrogen) atoms. The van der Waals surface area contributed by atoms with Gasteiger partial charge in [-0.25, -0.2) is 19.9 Å². The second-order valence-electron chi connectivity index (χ2n) is 17.7. The molecule has 9 aromatic carbocycles. The topological polar surface area (TPSA) is 84.3 Å². The van der Waals surface area contributed by atoms with Gasteiger partial charge in [0.25, 0.3) is 0 Å². The Kier molecular flexibility index (Phi) is 10.6. The number of hydrogen-bond donors (Lipinski definition) is 0. The summed E-state index contributed by atoms with van der Waals surface area (Å²) in [6.07, 6.45) is 0. The number of anilines is 6. The van der Waals surface area contributed by atoms with Crippen molar-refractivity contribution in [2.24, 2.45) is 0 Å². The van der Waals surface area contributed by atoms with Crippen LogP contribution >= 0.6 is 0 Å². The fourth-order valence-corrected chi connectivity index (χ4v) is 9.48. The molecule has 0 amide bonds. The summed E-state index contributed by atoms with van der Waals surface area (Å²) in [7, 11) is 0. The van der Waals surface area contributed by atoms with Gasteiger partial charge in [0.1, 0.15) is 11.0 Å². The molecule has 0 unspecified atom stereocenters. The minimum atomic E-state index is 0.597. The van der Waals surface area contributed by atoms with Crippen molar-refractivity contribution in [3.05, 3.63) is 229 Å². The molecule has 12 rings (SSSR count). The van der Waals surface area contributed by atoms with Gasteiger partial charge in [-0.1, -0.05) is 72.8 Å². The van der Waals surface area contributed by atoms with E-state index >= 15 is 0 Å². The highest BCUT2D eigenvalue weighted by Gasteiger charge is 2.24. The molecule has 8 heteroatoms. The van der Waals surface area contributed by atoms with Crippen LogP contribution in [-0.4, -0.2) is 19.9 Å². The van der Waals surface area contributed by atoms with E-state index in [9.17, 15) is 0 Å². The van der Waals surface area contributed by atoms with Crippen LogP contribution in [-0.2, 0) is 0 Å². The molecule has 0 aliphatic carbocycles. The smallest absolute Gasteiger partial charge is 0.227 e. The number of nitrogens with zero attached hydrogens (tertiary/aromatic N) is 6. The van der Waals surface area contributed by atoms with Gasteiger partial charge in [0, 0.05) is 56.4 Å². The number of oxazole rings is 2. The summed E-state index contributed by atoms with van der Waals surface area (Å²) in [6.45, 7) is 8.70. The van der Waals surface area contributed by atoms with E-state index < -0.39 is 0 Å². The Hall–Kier alpha value is -9.14. The van der Waals surface area contributed by atoms with Crippen LogP contribution in [0.5, 0.6) is 0 Å². The maximum absolute atomic E-state index is 6.13. The Morgan fingerprint density at radius 2 is 0.657 bits per heavy atom. The van der Waals surface area contributed by atoms with Gasteiger partial charge in [0.05, 0.1) is 22.4 Å². The van der Waals surface area contributed by atoms with Gasteiger partial charge in [-0.2, -0.15) is 0 Å². The first-order chi connectivity index (χ1) is 34.3. The molecule has 8 nitrogen and oxygen atoms in total. The van der Waals surface area contributed by atoms with E-state index in [1.54, 1.807) is 0 Å². The predicted molar refractivity (Wildman–Crippen MR) is 285 cm³/mol. The van der Waals surface area contributed by atoms with Crippen LogP contribution in [0.4, 0.5) is 34.1 Å². The molecule has 0 fully saturated rings. The fraction of sp³-hybridized carbons (Fsp3) is 0.0645. The van der Waals surface area contributed by atoms with Crippen LogP contribution in [0, 0.1) is 27.7 Å². The number of hydrogen-bond acceptors (Lipinski definition) is 8. The van der Waals surface area contributed by atoms with Gasteiger partial charge in [-0.05, 0) is 183 Å². The first kappa shape index (κ1) is 42.2. The minimum Gasteiger partial charge on any atom is -0.436 e. The summed E-state index contributed by atoms with van der Waals surface area (Å²) in [6, 6.07) is 70.8. The maximum atomic E-state index is 6.13. The van der Waals surface area contributed by atoms with Crippen LogP contribution < -0.4 is 9.80 Å². The third kappa shape index (κ3) is 7.71. The summed E-state index contributed by atoms with van der Waals surface area (Å²) in [5.41, 5.74) is 21.1. The molecule has 0 radical (unpaired) electrons. The van der Waals surface area contributed by atoms with Gasteiger partial charge in [0.2, 0.25) is 11.8 Å². The number of benzene rings is 9. The Labute approximate surface area is 405 Å². The molecule has 0 atom stereocenters. The molecular weight excluding hydrogens is 861 g/mol. The van der Waals surface area contributed by atoms with Gasteiger partial charge >= 0.3 is 0 Å². The first-order valence-corrected chi connectivity index (χ1v) is 23.5. The standard InChI is InChI=1S/C62H46N6O2/c1-39-37-55(67(45-17-7-5-8-18-45)47-31-27-43(28-32-47)61-65-53-23-13-15-25-57(53)69-61)41(3)35-49(39)59-60(64-52-22-12-11-21-51(52)63-59)50-36-42(4)56(38-40(50)2)68(46-19-9-6-10-20-46)48-33-29-44(30-34-48)62-66-54-24-14-16-26-58(54)70-62/h5-38H,1-4H3. The van der Waals surface area contributed by atoms with Crippen molar-refractivity contribution >= 4 is 67.4 Å². The minimum absolute atomic E-state index is 0.597. The second kappa shape index (κ2) is 17.5. The molecule has 0 saturated carbocycles. The molecule has 3 aromatic heterocycles. The molecule has 3 heterocycles. The molecule has 0 aliphatic heterocycles. The van der Waals surface area contributed by atoms with Crippen LogP contribution in [0.1, 0.15) is 22.3 Å². The van der Waals surface area contributed by atoms with Crippen molar-refractivity contribution in [2.75, 3.05) is 9.80 Å². The summed E-state index contributed by atoms with van der Waals surface area (Å²) >= 11 is 0. The normalized spacial score (nSPS) is 11.4. The molecule has 0 saturated heterocycles. The van der Waals surface area contributed by atoms with Crippen molar-refractivity contribution in [1.29, 1.82) is 0 Å². The Balaban J connectivity index is 0.940. The third-order valence-electron chi connectivity index (χ3n) is 13.0. The Bertz CT molecular complexity index is 3560. The monoisotopic (exact) mass is 906 g/mol. The molecule has 0 bridgehead atoms. The summed E-state index contributed by atoms with van der Waals surface area (Å²) in [5, 5.41) is 0. The molecule has 0 aliphatic rings. The van der Waals surface area contributed by atoms with Gasteiger partial charge in [-0.3, -0.25) is 0 Å². The largest absolute Gasteiger partial charge is 0.436 e. The zero-order valence-electron chi connectivity index (χ0n) is 39.1. The van der Waals surface area contributed by atoms with E-state index in [2.05, 4.69) is 159 Å². The van der Waals surface area contributed by atoms with Crippen molar-refractivity contribution < 1.29 is 8.83 Å². The van der Waals surface area contributed by atoms with E-state index in [1.165, 1.54) is 0 Å². The van der Waals surface area contributed by atoms with E-state index in [-0.39, 0.29) is 0 Å². The molecule has 0 spiro atoms. The highest BCUT2D eigenvalue weighted by molar-refractivity contribution is 5.92. The molecule has 336 valence electrons. The number of aryl methyl sites for hydroxylation is 4. The van der Waals surface area contributed by atoms with Crippen LogP contribution in [0.3, 0.4) is 0 Å². The Morgan fingerprint density at radius 1 is 0.314 bits per heavy atom. The zero-order chi connectivity index (χ0) is 47.3. The van der Waals surface area contributed by atoms with Crippen molar-refractivity contribution in [3.63, 3.8) is 0 Å². The molecular formula is C62H46N6O2. The lowest BCUT2D eigenvalue weighted by Gasteiger charge is -2.29. The predicted octanol–water partition coefficient (Wildman–Crippen LogP) is 16.8. The summed E-state index contributed by atoms with van der Waals surface area (Å²) in [5.74, 6) is 1.19. The van der Waals surface area contributed by atoms with Crippen LogP contribution in [0.25, 0.3) is 78.7 Å². The van der Waals surface area contributed by atoms with Gasteiger partial charge in [0.15, 0.2) is 11.2 Å². The highest BCUT2D eigenvalue weighted by atomic mass is 16.4. The van der Waals surface area contributed by atoms with E-state index in [1.807, 2.05) is 84.9 Å². The number of para-hydroxylation sites is 8. The first-order valence-electron chi connectivity index (χ1n) is 23.5. The average molecular weight is 907 g/mol. The van der Waals surface area contributed by atoms with E-state index in [0.29, 0.717) is 11.8 Å². The van der Waals surface area contributed by atoms with Crippen molar-refractivity contribution in [1.82, 2.24) is 19.9 Å². The SMILES string of the molecule is Cc1cc(N(c2ccccc2)c2ccc(-c3nc4ccccc4o3)cc2)c(C)cc1-c1nc2ccccc2nc1-c1cc(C)c(N(c2ccccc2)c2ccc(-c3nc4ccccc4o3)cc2)cc1C. The lowest BCUT2D eigenvalue weighted by molar-refractivity contribution is 0.619. The zero-order valence-corrected chi connectivity index (χ0v) is 39.1. The highest BCUT2D eigenvalue weighted by Crippen LogP contribution is 2.44. The quantitative estimate of drug-likeness (QED) is 0.134. The maximum Gasteiger partial charge on any atom is 0.227 e. The average Bonchev–Trinajstić information content (AvgIpc) is 4.05. The number of aromatic nitrogens is 4. The van der Waals surface area contributed by atoms with Crippen LogP contribution in [0.15, 0.2) is 215 Å². The van der Waals surface area contributed by atoms with Gasteiger partial charge < -0.3 is 18.6 Å². The molecule has 12 aromatic rings.